The molecule has 0 aliphatic heterocycles. The number of ether oxygens (including phenoxy) is 1. The minimum Gasteiger partial charge on any atom is -0.468 e. The third kappa shape index (κ3) is 3.25. The van der Waals surface area contributed by atoms with E-state index in [0.29, 0.717) is 6.54 Å². The SMILES string of the molecule is C=CCN[C@@H](C)C(=O)OC. The van der Waals surface area contributed by atoms with E-state index >= 15 is 0 Å². The number of nitrogens with one attached hydrogen (secondary N) is 1. The molecule has 0 heterocycles. The van der Waals surface area contributed by atoms with Crippen LogP contribution < -0.4 is 5.32 Å². The molecule has 0 unspecified atom stereocenters. The Morgan fingerprint density at radius 2 is 2.50 bits per heavy atom. The van der Waals surface area contributed by atoms with Crippen LogP contribution in [-0.4, -0.2) is 25.7 Å². The van der Waals surface area contributed by atoms with Crippen LogP contribution in [0.2, 0.25) is 0 Å². The Labute approximate surface area is 61.1 Å². The third-order valence-corrected chi connectivity index (χ3v) is 1.12. The zero-order valence-electron chi connectivity index (χ0n) is 6.39. The average Bonchev–Trinajstić information content (AvgIpc) is 1.98. The second kappa shape index (κ2) is 4.99. The smallest absolute Gasteiger partial charge is 0.322 e. The van der Waals surface area contributed by atoms with Gasteiger partial charge in [0.15, 0.2) is 0 Å². The van der Waals surface area contributed by atoms with Gasteiger partial charge in [0, 0.05) is 6.54 Å². The molecule has 0 amide bonds. The van der Waals surface area contributed by atoms with Crippen LogP contribution in [0.4, 0.5) is 0 Å². The van der Waals surface area contributed by atoms with Crippen LogP contribution in [0.3, 0.4) is 0 Å². The first-order chi connectivity index (χ1) is 4.72. The maximum absolute atomic E-state index is 10.7. The van der Waals surface area contributed by atoms with Crippen molar-refractivity contribution < 1.29 is 9.53 Å². The summed E-state index contributed by atoms with van der Waals surface area (Å²) >= 11 is 0. The maximum Gasteiger partial charge on any atom is 0.322 e. The third-order valence-electron chi connectivity index (χ3n) is 1.12. The predicted molar refractivity (Wildman–Crippen MR) is 39.7 cm³/mol. The number of rotatable bonds is 4. The average molecular weight is 143 g/mol. The Morgan fingerprint density at radius 3 is 2.90 bits per heavy atom. The fourth-order valence-electron chi connectivity index (χ4n) is 0.520. The van der Waals surface area contributed by atoms with Gasteiger partial charge in [-0.15, -0.1) is 6.58 Å². The van der Waals surface area contributed by atoms with E-state index < -0.39 is 0 Å². The van der Waals surface area contributed by atoms with Gasteiger partial charge in [-0.25, -0.2) is 0 Å². The van der Waals surface area contributed by atoms with E-state index in [2.05, 4.69) is 16.6 Å². The molecule has 0 aliphatic carbocycles. The predicted octanol–water partition coefficient (Wildman–Crippen LogP) is 0.323. The molecular weight excluding hydrogens is 130 g/mol. The molecular formula is C7H13NO2. The van der Waals surface area contributed by atoms with Gasteiger partial charge in [0.05, 0.1) is 7.11 Å². The molecule has 1 N–H and O–H groups in total. The number of methoxy groups -OCH3 is 1. The lowest BCUT2D eigenvalue weighted by molar-refractivity contribution is -0.142. The van der Waals surface area contributed by atoms with Crippen molar-refractivity contribution in [1.82, 2.24) is 5.32 Å². The number of carbonyl (C=O) groups is 1. The van der Waals surface area contributed by atoms with E-state index in [1.165, 1.54) is 7.11 Å². The van der Waals surface area contributed by atoms with Crippen LogP contribution in [0.5, 0.6) is 0 Å². The number of hydrogen-bond donors (Lipinski definition) is 1. The van der Waals surface area contributed by atoms with Gasteiger partial charge in [-0.2, -0.15) is 0 Å². The Morgan fingerprint density at radius 1 is 1.90 bits per heavy atom. The van der Waals surface area contributed by atoms with Crippen LogP contribution in [0.25, 0.3) is 0 Å². The van der Waals surface area contributed by atoms with E-state index in [4.69, 9.17) is 0 Å². The highest BCUT2D eigenvalue weighted by molar-refractivity contribution is 5.75. The van der Waals surface area contributed by atoms with Crippen molar-refractivity contribution >= 4 is 5.97 Å². The Bertz CT molecular complexity index is 123. The van der Waals surface area contributed by atoms with E-state index in [0.717, 1.165) is 0 Å². The second-order valence-electron chi connectivity index (χ2n) is 1.94. The molecule has 0 aromatic heterocycles. The van der Waals surface area contributed by atoms with Gasteiger partial charge in [0.2, 0.25) is 0 Å². The highest BCUT2D eigenvalue weighted by Gasteiger charge is 2.09. The van der Waals surface area contributed by atoms with Gasteiger partial charge in [-0.05, 0) is 6.92 Å². The molecule has 0 rings (SSSR count). The van der Waals surface area contributed by atoms with Crippen LogP contribution >= 0.6 is 0 Å². The maximum atomic E-state index is 10.7. The monoisotopic (exact) mass is 143 g/mol. The van der Waals surface area contributed by atoms with E-state index in [1.54, 1.807) is 13.0 Å². The first-order valence-corrected chi connectivity index (χ1v) is 3.14. The molecule has 10 heavy (non-hydrogen) atoms. The Balaban J connectivity index is 3.50. The summed E-state index contributed by atoms with van der Waals surface area (Å²) < 4.78 is 4.47. The van der Waals surface area contributed by atoms with Crippen molar-refractivity contribution in [1.29, 1.82) is 0 Å². The summed E-state index contributed by atoms with van der Waals surface area (Å²) in [6, 6.07) is -0.247. The van der Waals surface area contributed by atoms with Crippen molar-refractivity contribution in [2.75, 3.05) is 13.7 Å². The summed E-state index contributed by atoms with van der Waals surface area (Å²) in [4.78, 5) is 10.7. The quantitative estimate of drug-likeness (QED) is 0.455. The van der Waals surface area contributed by atoms with Gasteiger partial charge < -0.3 is 10.1 Å². The fraction of sp³-hybridized carbons (Fsp3) is 0.571. The van der Waals surface area contributed by atoms with E-state index in [9.17, 15) is 4.79 Å². The van der Waals surface area contributed by atoms with Gasteiger partial charge in [-0.3, -0.25) is 4.79 Å². The summed E-state index contributed by atoms with van der Waals surface area (Å²) in [6.07, 6.45) is 1.69. The standard InChI is InChI=1S/C7H13NO2/c1-4-5-8-6(2)7(9)10-3/h4,6,8H,1,5H2,2-3H3/t6-/m0/s1. The minimum atomic E-state index is -0.248. The Hall–Kier alpha value is -0.830. The summed E-state index contributed by atoms with van der Waals surface area (Å²) in [7, 11) is 1.37. The lowest BCUT2D eigenvalue weighted by Gasteiger charge is -2.08. The van der Waals surface area contributed by atoms with E-state index in [1.807, 2.05) is 0 Å². The van der Waals surface area contributed by atoms with Gasteiger partial charge in [0.1, 0.15) is 6.04 Å². The van der Waals surface area contributed by atoms with Crippen LogP contribution in [-0.2, 0) is 9.53 Å². The van der Waals surface area contributed by atoms with Crippen molar-refractivity contribution in [3.63, 3.8) is 0 Å². The first-order valence-electron chi connectivity index (χ1n) is 3.14. The van der Waals surface area contributed by atoms with Crippen LogP contribution in [0.15, 0.2) is 12.7 Å². The molecule has 0 spiro atoms. The summed E-state index contributed by atoms with van der Waals surface area (Å²) in [6.45, 7) is 5.87. The molecule has 0 aromatic carbocycles. The molecule has 58 valence electrons. The first kappa shape index (κ1) is 9.17. The molecule has 0 aromatic rings. The lowest BCUT2D eigenvalue weighted by Crippen LogP contribution is -2.34. The van der Waals surface area contributed by atoms with Crippen LogP contribution in [0.1, 0.15) is 6.92 Å². The molecule has 0 fully saturated rings. The fourth-order valence-corrected chi connectivity index (χ4v) is 0.520. The van der Waals surface area contributed by atoms with Gasteiger partial charge >= 0.3 is 5.97 Å². The number of carbonyl (C=O) groups excluding carboxylic acids is 1. The summed E-state index contributed by atoms with van der Waals surface area (Å²) in [5.74, 6) is -0.248. The molecule has 0 saturated carbocycles. The lowest BCUT2D eigenvalue weighted by atomic mass is 10.3. The topological polar surface area (TPSA) is 38.3 Å². The normalized spacial score (nSPS) is 12.2. The van der Waals surface area contributed by atoms with Crippen LogP contribution in [0, 0.1) is 0 Å². The highest BCUT2D eigenvalue weighted by atomic mass is 16.5. The molecule has 0 aliphatic rings. The van der Waals surface area contributed by atoms with Gasteiger partial charge in [0.25, 0.3) is 0 Å². The molecule has 1 atom stereocenters. The van der Waals surface area contributed by atoms with Crippen molar-refractivity contribution in [2.45, 2.75) is 13.0 Å². The Kier molecular flexibility index (Phi) is 4.58. The van der Waals surface area contributed by atoms with E-state index in [-0.39, 0.29) is 12.0 Å². The highest BCUT2D eigenvalue weighted by Crippen LogP contribution is 1.83. The largest absolute Gasteiger partial charge is 0.468 e. The number of esters is 1. The molecule has 0 saturated heterocycles. The number of hydrogen-bond acceptors (Lipinski definition) is 3. The minimum absolute atomic E-state index is 0.247. The van der Waals surface area contributed by atoms with Crippen molar-refractivity contribution in [2.24, 2.45) is 0 Å². The zero-order valence-corrected chi connectivity index (χ0v) is 6.39. The molecule has 3 heteroatoms. The zero-order chi connectivity index (χ0) is 7.98. The summed E-state index contributed by atoms with van der Waals surface area (Å²) in [5, 5.41) is 2.89. The van der Waals surface area contributed by atoms with Crippen molar-refractivity contribution in [3.05, 3.63) is 12.7 Å². The molecule has 0 radical (unpaired) electrons. The summed E-state index contributed by atoms with van der Waals surface area (Å²) in [5.41, 5.74) is 0. The van der Waals surface area contributed by atoms with Crippen molar-refractivity contribution in [3.8, 4) is 0 Å². The second-order valence-corrected chi connectivity index (χ2v) is 1.94. The molecule has 3 nitrogen and oxygen atoms in total. The molecule has 0 bridgehead atoms. The van der Waals surface area contributed by atoms with Gasteiger partial charge in [-0.1, -0.05) is 6.08 Å².